The van der Waals surface area contributed by atoms with Crippen molar-refractivity contribution in [3.63, 3.8) is 0 Å². The Hall–Kier alpha value is -2.60. The third-order valence-corrected chi connectivity index (χ3v) is 6.35. The van der Waals surface area contributed by atoms with Crippen LogP contribution >= 0.6 is 11.3 Å². The fourth-order valence-corrected chi connectivity index (χ4v) is 4.53. The minimum absolute atomic E-state index is 0.128. The number of likely N-dealkylation sites (tertiary alicyclic amines) is 1. The number of rotatable bonds is 6. The Kier molecular flexibility index (Phi) is 6.36. The minimum Gasteiger partial charge on any atom is -0.507 e. The van der Waals surface area contributed by atoms with Gasteiger partial charge in [0.15, 0.2) is 0 Å². The van der Waals surface area contributed by atoms with Crippen LogP contribution in [0, 0.1) is 0 Å². The van der Waals surface area contributed by atoms with E-state index in [0.717, 1.165) is 23.3 Å². The molecule has 2 aromatic rings. The van der Waals surface area contributed by atoms with Crippen LogP contribution in [0.2, 0.25) is 0 Å². The SMILES string of the molecule is CCCCN1C(=O)C(=O)/C(=C(/O)c2cc(C(C)(C)C)ccc2OC)C1c1cccs1. The smallest absolute Gasteiger partial charge is 0.295 e. The summed E-state index contributed by atoms with van der Waals surface area (Å²) < 4.78 is 5.47. The van der Waals surface area contributed by atoms with Crippen LogP contribution in [-0.2, 0) is 15.0 Å². The van der Waals surface area contributed by atoms with E-state index in [1.807, 2.05) is 36.6 Å². The Morgan fingerprint density at radius 2 is 1.97 bits per heavy atom. The summed E-state index contributed by atoms with van der Waals surface area (Å²) in [6, 6.07) is 8.80. The number of hydrogen-bond donors (Lipinski definition) is 1. The summed E-state index contributed by atoms with van der Waals surface area (Å²) in [4.78, 5) is 28.3. The van der Waals surface area contributed by atoms with Gasteiger partial charge in [-0.1, -0.05) is 46.2 Å². The number of carbonyl (C=O) groups excluding carboxylic acids is 2. The highest BCUT2D eigenvalue weighted by atomic mass is 32.1. The Morgan fingerprint density at radius 1 is 1.23 bits per heavy atom. The second-order valence-corrected chi connectivity index (χ2v) is 9.51. The van der Waals surface area contributed by atoms with Crippen LogP contribution < -0.4 is 4.74 Å². The topological polar surface area (TPSA) is 66.8 Å². The maximum absolute atomic E-state index is 13.0. The van der Waals surface area contributed by atoms with Crippen LogP contribution in [0.4, 0.5) is 0 Å². The number of hydrogen-bond acceptors (Lipinski definition) is 5. The molecule has 3 rings (SSSR count). The fraction of sp³-hybridized carbons (Fsp3) is 0.417. The first kappa shape index (κ1) is 22.1. The summed E-state index contributed by atoms with van der Waals surface area (Å²) in [5.41, 5.74) is 1.41. The molecule has 1 aliphatic heterocycles. The van der Waals surface area contributed by atoms with E-state index in [4.69, 9.17) is 4.74 Å². The second kappa shape index (κ2) is 8.64. The first-order valence-corrected chi connectivity index (χ1v) is 11.1. The molecule has 1 N–H and O–H groups in total. The van der Waals surface area contributed by atoms with Gasteiger partial charge in [0, 0.05) is 11.4 Å². The quantitative estimate of drug-likeness (QED) is 0.387. The summed E-state index contributed by atoms with van der Waals surface area (Å²) >= 11 is 1.47. The normalized spacial score (nSPS) is 18.8. The van der Waals surface area contributed by atoms with Crippen LogP contribution in [-0.4, -0.2) is 35.4 Å². The van der Waals surface area contributed by atoms with Crippen molar-refractivity contribution in [2.24, 2.45) is 0 Å². The van der Waals surface area contributed by atoms with Gasteiger partial charge in [0.1, 0.15) is 11.5 Å². The Morgan fingerprint density at radius 3 is 2.53 bits per heavy atom. The van der Waals surface area contributed by atoms with E-state index >= 15 is 0 Å². The minimum atomic E-state index is -0.648. The molecule has 0 saturated carbocycles. The van der Waals surface area contributed by atoms with Gasteiger partial charge in [0.2, 0.25) is 0 Å². The Bertz CT molecular complexity index is 970. The highest BCUT2D eigenvalue weighted by Crippen LogP contribution is 2.43. The summed E-state index contributed by atoms with van der Waals surface area (Å²) in [6.45, 7) is 8.75. The van der Waals surface area contributed by atoms with Gasteiger partial charge in [0.05, 0.1) is 24.3 Å². The maximum Gasteiger partial charge on any atom is 0.295 e. The molecule has 1 amide bonds. The average molecular weight is 428 g/mol. The van der Waals surface area contributed by atoms with E-state index in [2.05, 4.69) is 20.8 Å². The van der Waals surface area contributed by atoms with E-state index in [-0.39, 0.29) is 16.7 Å². The highest BCUT2D eigenvalue weighted by molar-refractivity contribution is 7.10. The van der Waals surface area contributed by atoms with Crippen molar-refractivity contribution in [2.75, 3.05) is 13.7 Å². The van der Waals surface area contributed by atoms with Crippen molar-refractivity contribution >= 4 is 28.8 Å². The van der Waals surface area contributed by atoms with Gasteiger partial charge in [-0.15, -0.1) is 11.3 Å². The van der Waals surface area contributed by atoms with Gasteiger partial charge in [0.25, 0.3) is 11.7 Å². The van der Waals surface area contributed by atoms with E-state index in [1.165, 1.54) is 18.4 Å². The lowest BCUT2D eigenvalue weighted by Gasteiger charge is -2.24. The predicted octanol–water partition coefficient (Wildman–Crippen LogP) is 5.28. The van der Waals surface area contributed by atoms with E-state index < -0.39 is 17.7 Å². The van der Waals surface area contributed by atoms with Crippen molar-refractivity contribution in [1.29, 1.82) is 0 Å². The van der Waals surface area contributed by atoms with Crippen molar-refractivity contribution in [1.82, 2.24) is 4.90 Å². The Balaban J connectivity index is 2.22. The van der Waals surface area contributed by atoms with E-state index in [1.54, 1.807) is 11.0 Å². The number of aliphatic hydroxyl groups is 1. The number of benzene rings is 1. The largest absolute Gasteiger partial charge is 0.507 e. The van der Waals surface area contributed by atoms with Crippen LogP contribution in [0.5, 0.6) is 5.75 Å². The molecule has 1 aromatic carbocycles. The van der Waals surface area contributed by atoms with Gasteiger partial charge in [-0.3, -0.25) is 9.59 Å². The summed E-state index contributed by atoms with van der Waals surface area (Å²) in [7, 11) is 1.53. The van der Waals surface area contributed by atoms with Crippen LogP contribution in [0.1, 0.15) is 62.6 Å². The number of thiophene rings is 1. The number of Topliss-reactive ketones (excluding diaryl/α,β-unsaturated/α-hetero) is 1. The number of unbranched alkanes of at least 4 members (excludes halogenated alkanes) is 1. The zero-order valence-corrected chi connectivity index (χ0v) is 19.0. The molecule has 0 bridgehead atoms. The maximum atomic E-state index is 13.0. The van der Waals surface area contributed by atoms with Crippen molar-refractivity contribution in [3.05, 3.63) is 57.3 Å². The lowest BCUT2D eigenvalue weighted by molar-refractivity contribution is -0.139. The molecule has 30 heavy (non-hydrogen) atoms. The van der Waals surface area contributed by atoms with E-state index in [0.29, 0.717) is 17.9 Å². The monoisotopic (exact) mass is 427 g/mol. The third kappa shape index (κ3) is 4.01. The summed E-state index contributed by atoms with van der Waals surface area (Å²) in [5.74, 6) is -0.932. The van der Waals surface area contributed by atoms with E-state index in [9.17, 15) is 14.7 Å². The molecule has 1 aromatic heterocycles. The number of carbonyl (C=O) groups is 2. The van der Waals surface area contributed by atoms with Gasteiger partial charge >= 0.3 is 0 Å². The third-order valence-electron chi connectivity index (χ3n) is 5.43. The second-order valence-electron chi connectivity index (χ2n) is 8.53. The van der Waals surface area contributed by atoms with Crippen molar-refractivity contribution in [3.8, 4) is 5.75 Å². The highest BCUT2D eigenvalue weighted by Gasteiger charge is 2.46. The molecule has 1 fully saturated rings. The zero-order valence-electron chi connectivity index (χ0n) is 18.2. The molecule has 0 radical (unpaired) electrons. The molecule has 0 spiro atoms. The van der Waals surface area contributed by atoms with Crippen LogP contribution in [0.25, 0.3) is 5.76 Å². The van der Waals surface area contributed by atoms with Gasteiger partial charge in [-0.2, -0.15) is 0 Å². The molecule has 1 unspecified atom stereocenters. The molecule has 1 saturated heterocycles. The zero-order chi connectivity index (χ0) is 22.1. The van der Waals surface area contributed by atoms with Crippen molar-refractivity contribution in [2.45, 2.75) is 52.0 Å². The lowest BCUT2D eigenvalue weighted by atomic mass is 9.85. The molecule has 6 heteroatoms. The number of ether oxygens (including phenoxy) is 1. The molecule has 1 atom stereocenters. The van der Waals surface area contributed by atoms with Gasteiger partial charge < -0.3 is 14.7 Å². The predicted molar refractivity (Wildman–Crippen MR) is 120 cm³/mol. The van der Waals surface area contributed by atoms with Gasteiger partial charge in [-0.05, 0) is 41.0 Å². The summed E-state index contributed by atoms with van der Waals surface area (Å²) in [6.07, 6.45) is 1.69. The number of aliphatic hydroxyl groups excluding tert-OH is 1. The molecule has 160 valence electrons. The Labute approximate surface area is 182 Å². The molecule has 0 aliphatic carbocycles. The lowest BCUT2D eigenvalue weighted by Crippen LogP contribution is -2.30. The first-order valence-electron chi connectivity index (χ1n) is 10.2. The van der Waals surface area contributed by atoms with Gasteiger partial charge in [-0.25, -0.2) is 0 Å². The number of methoxy groups -OCH3 is 1. The number of nitrogens with zero attached hydrogens (tertiary/aromatic N) is 1. The number of amides is 1. The molecular weight excluding hydrogens is 398 g/mol. The summed E-state index contributed by atoms with van der Waals surface area (Å²) in [5, 5.41) is 13.2. The van der Waals surface area contributed by atoms with Crippen LogP contribution in [0.15, 0.2) is 41.3 Å². The molecular formula is C24H29NO4S. The first-order chi connectivity index (χ1) is 14.2. The number of ketones is 1. The average Bonchev–Trinajstić information content (AvgIpc) is 3.32. The molecule has 5 nitrogen and oxygen atoms in total. The van der Waals surface area contributed by atoms with Crippen LogP contribution in [0.3, 0.4) is 0 Å². The fourth-order valence-electron chi connectivity index (χ4n) is 3.69. The molecule has 2 heterocycles. The van der Waals surface area contributed by atoms with Crippen molar-refractivity contribution < 1.29 is 19.4 Å². The molecule has 1 aliphatic rings. The standard InChI is InChI=1S/C24H29NO4S/c1-6-7-12-25-20(18-9-8-13-30-18)19(22(27)23(25)28)21(26)16-14-15(24(2,3)4)10-11-17(16)29-5/h8-11,13-14,20,26H,6-7,12H2,1-5H3/b21-19+.